The Morgan fingerprint density at radius 3 is 2.92 bits per heavy atom. The fourth-order valence-electron chi connectivity index (χ4n) is 1.72. The first kappa shape index (κ1) is 10.1. The highest BCUT2D eigenvalue weighted by Crippen LogP contribution is 2.26. The fourth-order valence-corrected chi connectivity index (χ4v) is 2.07. The molecular formula is C11H19Cl. The van der Waals surface area contributed by atoms with Gasteiger partial charge in [-0.05, 0) is 32.1 Å². The molecule has 0 aromatic heterocycles. The average molecular weight is 187 g/mol. The van der Waals surface area contributed by atoms with E-state index >= 15 is 0 Å². The van der Waals surface area contributed by atoms with Gasteiger partial charge in [-0.2, -0.15) is 0 Å². The molecule has 0 aromatic carbocycles. The minimum Gasteiger partial charge on any atom is -0.118 e. The van der Waals surface area contributed by atoms with Crippen molar-refractivity contribution in [3.05, 3.63) is 11.6 Å². The monoisotopic (exact) mass is 186 g/mol. The maximum absolute atomic E-state index is 6.27. The van der Waals surface area contributed by atoms with Crippen molar-refractivity contribution >= 4 is 11.6 Å². The first-order valence-corrected chi connectivity index (χ1v) is 5.61. The molecule has 0 aliphatic heterocycles. The van der Waals surface area contributed by atoms with Gasteiger partial charge in [0.2, 0.25) is 0 Å². The molecule has 0 saturated heterocycles. The summed E-state index contributed by atoms with van der Waals surface area (Å²) in [7, 11) is 0. The Hall–Kier alpha value is 0.0300. The topological polar surface area (TPSA) is 0 Å². The summed E-state index contributed by atoms with van der Waals surface area (Å²) in [6.07, 6.45) is 11.3. The third-order valence-electron chi connectivity index (χ3n) is 2.54. The minimum absolute atomic E-state index is 0.338. The molecule has 1 aliphatic carbocycles. The highest BCUT2D eigenvalue weighted by Gasteiger charge is 2.12. The smallest absolute Gasteiger partial charge is 0.0545 e. The Balaban J connectivity index is 2.29. The summed E-state index contributed by atoms with van der Waals surface area (Å²) in [5.74, 6) is 0. The van der Waals surface area contributed by atoms with Gasteiger partial charge in [-0.15, -0.1) is 11.6 Å². The molecule has 0 nitrogen and oxygen atoms in total. The third kappa shape index (κ3) is 3.18. The lowest BCUT2D eigenvalue weighted by atomic mass is 9.95. The van der Waals surface area contributed by atoms with Crippen LogP contribution in [0.3, 0.4) is 0 Å². The van der Waals surface area contributed by atoms with Crippen LogP contribution in [-0.4, -0.2) is 5.38 Å². The maximum atomic E-state index is 6.27. The predicted octanol–water partition coefficient (Wildman–Crippen LogP) is 4.28. The summed E-state index contributed by atoms with van der Waals surface area (Å²) in [6.45, 7) is 2.22. The molecule has 0 amide bonds. The standard InChI is InChI=1S/C11H19Cl/c1-2-3-9-11(12)10-7-5-4-6-8-10/h7,11H,2-6,8-9H2,1H3. The van der Waals surface area contributed by atoms with E-state index in [-0.39, 0.29) is 0 Å². The molecule has 1 rings (SSSR count). The van der Waals surface area contributed by atoms with Crippen LogP contribution < -0.4 is 0 Å². The summed E-state index contributed by atoms with van der Waals surface area (Å²) in [4.78, 5) is 0. The van der Waals surface area contributed by atoms with E-state index < -0.39 is 0 Å². The number of halogens is 1. The zero-order valence-corrected chi connectivity index (χ0v) is 8.74. The molecule has 0 heterocycles. The molecule has 1 unspecified atom stereocenters. The van der Waals surface area contributed by atoms with Gasteiger partial charge in [0.1, 0.15) is 0 Å². The van der Waals surface area contributed by atoms with Crippen molar-refractivity contribution in [3.63, 3.8) is 0 Å². The van der Waals surface area contributed by atoms with Crippen molar-refractivity contribution in [2.24, 2.45) is 0 Å². The maximum Gasteiger partial charge on any atom is 0.0545 e. The highest BCUT2D eigenvalue weighted by molar-refractivity contribution is 6.22. The molecule has 12 heavy (non-hydrogen) atoms. The number of allylic oxidation sites excluding steroid dienone is 2. The molecule has 0 aromatic rings. The molecule has 0 N–H and O–H groups in total. The SMILES string of the molecule is CCCCC(Cl)C1=CCCCC1. The van der Waals surface area contributed by atoms with Crippen molar-refractivity contribution in [1.82, 2.24) is 0 Å². The zero-order chi connectivity index (χ0) is 8.81. The summed E-state index contributed by atoms with van der Waals surface area (Å²) in [6, 6.07) is 0. The fraction of sp³-hybridized carbons (Fsp3) is 0.818. The lowest BCUT2D eigenvalue weighted by molar-refractivity contribution is 0.643. The van der Waals surface area contributed by atoms with Gasteiger partial charge in [0.25, 0.3) is 0 Å². The van der Waals surface area contributed by atoms with Gasteiger partial charge in [0.15, 0.2) is 0 Å². The molecule has 1 aliphatic rings. The molecular weight excluding hydrogens is 168 g/mol. The van der Waals surface area contributed by atoms with E-state index in [9.17, 15) is 0 Å². The van der Waals surface area contributed by atoms with Crippen LogP contribution in [0, 0.1) is 0 Å². The first-order chi connectivity index (χ1) is 5.84. The van der Waals surface area contributed by atoms with Crippen LogP contribution in [0.1, 0.15) is 51.9 Å². The third-order valence-corrected chi connectivity index (χ3v) is 3.04. The predicted molar refractivity (Wildman–Crippen MR) is 55.7 cm³/mol. The molecule has 0 fully saturated rings. The van der Waals surface area contributed by atoms with Crippen LogP contribution in [0.2, 0.25) is 0 Å². The Morgan fingerprint density at radius 2 is 2.33 bits per heavy atom. The number of hydrogen-bond acceptors (Lipinski definition) is 0. The van der Waals surface area contributed by atoms with Crippen LogP contribution in [0.5, 0.6) is 0 Å². The Kier molecular flexibility index (Phi) is 4.75. The van der Waals surface area contributed by atoms with Crippen LogP contribution in [-0.2, 0) is 0 Å². The van der Waals surface area contributed by atoms with Gasteiger partial charge >= 0.3 is 0 Å². The van der Waals surface area contributed by atoms with E-state index in [0.717, 1.165) is 0 Å². The van der Waals surface area contributed by atoms with E-state index in [1.54, 1.807) is 0 Å². The first-order valence-electron chi connectivity index (χ1n) is 5.17. The second kappa shape index (κ2) is 5.64. The molecule has 0 saturated carbocycles. The van der Waals surface area contributed by atoms with Crippen molar-refractivity contribution < 1.29 is 0 Å². The Labute approximate surface area is 81.0 Å². The quantitative estimate of drug-likeness (QED) is 0.454. The summed E-state index contributed by atoms with van der Waals surface area (Å²) in [5.41, 5.74) is 1.51. The Morgan fingerprint density at radius 1 is 1.50 bits per heavy atom. The molecule has 1 atom stereocenters. The van der Waals surface area contributed by atoms with Crippen LogP contribution in [0.25, 0.3) is 0 Å². The van der Waals surface area contributed by atoms with Crippen LogP contribution in [0.4, 0.5) is 0 Å². The molecule has 1 heteroatoms. The van der Waals surface area contributed by atoms with Gasteiger partial charge in [-0.25, -0.2) is 0 Å². The number of rotatable bonds is 4. The Bertz CT molecular complexity index is 149. The van der Waals surface area contributed by atoms with Gasteiger partial charge in [0, 0.05) is 0 Å². The van der Waals surface area contributed by atoms with Crippen LogP contribution in [0.15, 0.2) is 11.6 Å². The lowest BCUT2D eigenvalue weighted by Gasteiger charge is -2.17. The highest BCUT2D eigenvalue weighted by atomic mass is 35.5. The van der Waals surface area contributed by atoms with Gasteiger partial charge in [-0.3, -0.25) is 0 Å². The zero-order valence-electron chi connectivity index (χ0n) is 7.98. The van der Waals surface area contributed by atoms with E-state index in [1.807, 2.05) is 0 Å². The summed E-state index contributed by atoms with van der Waals surface area (Å²) < 4.78 is 0. The largest absolute Gasteiger partial charge is 0.118 e. The average Bonchev–Trinajstić information content (AvgIpc) is 2.15. The summed E-state index contributed by atoms with van der Waals surface area (Å²) in [5, 5.41) is 0.338. The van der Waals surface area contributed by atoms with Crippen molar-refractivity contribution in [2.75, 3.05) is 0 Å². The summed E-state index contributed by atoms with van der Waals surface area (Å²) >= 11 is 6.27. The van der Waals surface area contributed by atoms with E-state index in [4.69, 9.17) is 11.6 Å². The number of unbranched alkanes of at least 4 members (excludes halogenated alkanes) is 1. The second-order valence-corrected chi connectivity index (χ2v) is 4.16. The van der Waals surface area contributed by atoms with E-state index in [2.05, 4.69) is 13.0 Å². The lowest BCUT2D eigenvalue weighted by Crippen LogP contribution is -2.06. The van der Waals surface area contributed by atoms with Crippen molar-refractivity contribution in [2.45, 2.75) is 57.2 Å². The van der Waals surface area contributed by atoms with Gasteiger partial charge in [0.05, 0.1) is 5.38 Å². The molecule has 0 spiro atoms. The van der Waals surface area contributed by atoms with Crippen molar-refractivity contribution in [1.29, 1.82) is 0 Å². The van der Waals surface area contributed by atoms with E-state index in [0.29, 0.717) is 5.38 Å². The minimum atomic E-state index is 0.338. The van der Waals surface area contributed by atoms with Crippen molar-refractivity contribution in [3.8, 4) is 0 Å². The molecule has 0 bridgehead atoms. The number of alkyl halides is 1. The second-order valence-electron chi connectivity index (χ2n) is 3.63. The van der Waals surface area contributed by atoms with E-state index in [1.165, 1.54) is 50.5 Å². The van der Waals surface area contributed by atoms with Gasteiger partial charge < -0.3 is 0 Å². The molecule has 0 radical (unpaired) electrons. The van der Waals surface area contributed by atoms with Gasteiger partial charge in [-0.1, -0.05) is 31.4 Å². The number of hydrogen-bond donors (Lipinski definition) is 0. The van der Waals surface area contributed by atoms with Crippen LogP contribution >= 0.6 is 11.6 Å². The molecule has 70 valence electrons. The normalized spacial score (nSPS) is 20.3.